The van der Waals surface area contributed by atoms with Crippen molar-refractivity contribution in [1.82, 2.24) is 9.55 Å². The molecule has 0 atom stereocenters. The fourth-order valence-electron chi connectivity index (χ4n) is 0.490. The molecule has 9 heavy (non-hydrogen) atoms. The van der Waals surface area contributed by atoms with Crippen LogP contribution in [-0.2, 0) is 7.05 Å². The maximum atomic E-state index is 8.40. The Labute approximate surface area is 66.5 Å². The maximum absolute atomic E-state index is 8.40. The highest BCUT2D eigenvalue weighted by molar-refractivity contribution is 14.1. The van der Waals surface area contributed by atoms with Gasteiger partial charge < -0.3 is 4.57 Å². The summed E-state index contributed by atoms with van der Waals surface area (Å²) in [6, 6.07) is 1.98. The topological polar surface area (TPSA) is 41.6 Å². The van der Waals surface area contributed by atoms with Gasteiger partial charge in [0.05, 0.1) is 6.33 Å². The molecule has 1 rings (SSSR count). The zero-order valence-electron chi connectivity index (χ0n) is 4.80. The van der Waals surface area contributed by atoms with E-state index >= 15 is 0 Å². The number of aryl methyl sites for hydroxylation is 1. The second kappa shape index (κ2) is 2.35. The first-order valence-corrected chi connectivity index (χ1v) is 3.40. The largest absolute Gasteiger partial charge is 0.328 e. The quantitative estimate of drug-likeness (QED) is 0.624. The molecular formula is C5H4IN3. The average Bonchev–Trinajstić information content (AvgIpc) is 2.15. The van der Waals surface area contributed by atoms with E-state index in [0.717, 1.165) is 3.70 Å². The molecule has 0 radical (unpaired) electrons. The monoisotopic (exact) mass is 233 g/mol. The minimum Gasteiger partial charge on any atom is -0.328 e. The van der Waals surface area contributed by atoms with Crippen molar-refractivity contribution in [2.75, 3.05) is 0 Å². The first-order chi connectivity index (χ1) is 4.25. The molecule has 0 N–H and O–H groups in total. The van der Waals surface area contributed by atoms with Crippen molar-refractivity contribution in [3.8, 4) is 6.07 Å². The van der Waals surface area contributed by atoms with Crippen LogP contribution in [0.4, 0.5) is 0 Å². The highest BCUT2D eigenvalue weighted by Crippen LogP contribution is 2.06. The van der Waals surface area contributed by atoms with E-state index in [2.05, 4.69) is 27.6 Å². The molecule has 0 saturated carbocycles. The number of imidazole rings is 1. The third-order valence-corrected chi connectivity index (χ3v) is 2.24. The summed E-state index contributed by atoms with van der Waals surface area (Å²) >= 11 is 2.08. The van der Waals surface area contributed by atoms with Crippen molar-refractivity contribution in [3.63, 3.8) is 0 Å². The SMILES string of the molecule is Cn1cnc(C#N)c1I. The Balaban J connectivity index is 3.24. The van der Waals surface area contributed by atoms with Gasteiger partial charge in [0.25, 0.3) is 0 Å². The van der Waals surface area contributed by atoms with E-state index < -0.39 is 0 Å². The molecule has 1 heterocycles. The Morgan fingerprint density at radius 2 is 2.56 bits per heavy atom. The van der Waals surface area contributed by atoms with Crippen LogP contribution in [-0.4, -0.2) is 9.55 Å². The summed E-state index contributed by atoms with van der Waals surface area (Å²) in [5.74, 6) is 0. The zero-order chi connectivity index (χ0) is 6.85. The molecule has 0 bridgehead atoms. The summed E-state index contributed by atoms with van der Waals surface area (Å²) < 4.78 is 2.69. The highest BCUT2D eigenvalue weighted by atomic mass is 127. The molecule has 1 aromatic rings. The summed E-state index contributed by atoms with van der Waals surface area (Å²) in [7, 11) is 1.86. The molecule has 0 aliphatic rings. The first kappa shape index (κ1) is 6.55. The van der Waals surface area contributed by atoms with Crippen molar-refractivity contribution >= 4 is 22.6 Å². The number of rotatable bonds is 0. The zero-order valence-corrected chi connectivity index (χ0v) is 6.95. The Hall–Kier alpha value is -0.570. The summed E-state index contributed by atoms with van der Waals surface area (Å²) in [4.78, 5) is 3.83. The number of hydrogen-bond acceptors (Lipinski definition) is 2. The van der Waals surface area contributed by atoms with Gasteiger partial charge in [0.1, 0.15) is 9.77 Å². The van der Waals surface area contributed by atoms with Crippen LogP contribution in [0.2, 0.25) is 0 Å². The van der Waals surface area contributed by atoms with Crippen LogP contribution in [0, 0.1) is 15.0 Å². The van der Waals surface area contributed by atoms with Gasteiger partial charge in [0.2, 0.25) is 0 Å². The average molecular weight is 233 g/mol. The molecule has 0 fully saturated rings. The van der Waals surface area contributed by atoms with Crippen LogP contribution in [0.25, 0.3) is 0 Å². The van der Waals surface area contributed by atoms with Gasteiger partial charge in [-0.1, -0.05) is 0 Å². The van der Waals surface area contributed by atoms with Crippen molar-refractivity contribution in [2.24, 2.45) is 7.05 Å². The van der Waals surface area contributed by atoms with Crippen LogP contribution in [0.3, 0.4) is 0 Å². The summed E-state index contributed by atoms with van der Waals surface area (Å²) in [5.41, 5.74) is 0.498. The number of nitrogens with zero attached hydrogens (tertiary/aromatic N) is 3. The molecule has 0 amide bonds. The first-order valence-electron chi connectivity index (χ1n) is 2.32. The van der Waals surface area contributed by atoms with Gasteiger partial charge in [-0.3, -0.25) is 0 Å². The Morgan fingerprint density at radius 3 is 2.78 bits per heavy atom. The molecule has 0 saturated heterocycles. The fourth-order valence-corrected chi connectivity index (χ4v) is 0.875. The number of aromatic nitrogens is 2. The lowest BCUT2D eigenvalue weighted by atomic mass is 10.5. The van der Waals surface area contributed by atoms with Gasteiger partial charge in [0, 0.05) is 7.05 Å². The van der Waals surface area contributed by atoms with Gasteiger partial charge in [-0.05, 0) is 22.6 Å². The second-order valence-electron chi connectivity index (χ2n) is 1.61. The van der Waals surface area contributed by atoms with Crippen LogP contribution >= 0.6 is 22.6 Å². The van der Waals surface area contributed by atoms with Crippen molar-refractivity contribution in [3.05, 3.63) is 15.7 Å². The molecular weight excluding hydrogens is 229 g/mol. The van der Waals surface area contributed by atoms with Gasteiger partial charge in [0.15, 0.2) is 5.69 Å². The van der Waals surface area contributed by atoms with E-state index in [1.54, 1.807) is 10.9 Å². The summed E-state index contributed by atoms with van der Waals surface area (Å²) in [5, 5.41) is 8.40. The van der Waals surface area contributed by atoms with E-state index in [1.165, 1.54) is 0 Å². The van der Waals surface area contributed by atoms with Crippen LogP contribution in [0.1, 0.15) is 5.69 Å². The fraction of sp³-hybridized carbons (Fsp3) is 0.200. The molecule has 0 aliphatic heterocycles. The molecule has 0 aromatic carbocycles. The van der Waals surface area contributed by atoms with Gasteiger partial charge in [-0.2, -0.15) is 5.26 Å². The number of nitriles is 1. The molecule has 0 unspecified atom stereocenters. The number of halogens is 1. The predicted molar refractivity (Wildman–Crippen MR) is 40.6 cm³/mol. The molecule has 1 aromatic heterocycles. The van der Waals surface area contributed by atoms with E-state index in [0.29, 0.717) is 5.69 Å². The van der Waals surface area contributed by atoms with Crippen LogP contribution < -0.4 is 0 Å². The second-order valence-corrected chi connectivity index (χ2v) is 2.63. The minimum atomic E-state index is 0.498. The summed E-state index contributed by atoms with van der Waals surface area (Å²) in [6.07, 6.45) is 1.63. The molecule has 0 spiro atoms. The third kappa shape index (κ3) is 1.05. The lowest BCUT2D eigenvalue weighted by Gasteiger charge is -1.87. The van der Waals surface area contributed by atoms with Gasteiger partial charge in [-0.15, -0.1) is 0 Å². The maximum Gasteiger partial charge on any atom is 0.172 e. The highest BCUT2D eigenvalue weighted by Gasteiger charge is 2.01. The molecule has 0 aliphatic carbocycles. The van der Waals surface area contributed by atoms with Crippen molar-refractivity contribution in [1.29, 1.82) is 5.26 Å². The summed E-state index contributed by atoms with van der Waals surface area (Å²) in [6.45, 7) is 0. The molecule has 3 nitrogen and oxygen atoms in total. The van der Waals surface area contributed by atoms with Crippen molar-refractivity contribution in [2.45, 2.75) is 0 Å². The number of hydrogen-bond donors (Lipinski definition) is 0. The molecule has 4 heteroatoms. The third-order valence-electron chi connectivity index (χ3n) is 0.971. The minimum absolute atomic E-state index is 0.498. The van der Waals surface area contributed by atoms with E-state index in [9.17, 15) is 0 Å². The van der Waals surface area contributed by atoms with Crippen LogP contribution in [0.5, 0.6) is 0 Å². The standard InChI is InChI=1S/C5H4IN3/c1-9-3-8-4(2-7)5(9)6/h3H,1H3. The lowest BCUT2D eigenvalue weighted by Crippen LogP contribution is -1.87. The van der Waals surface area contributed by atoms with Crippen LogP contribution in [0.15, 0.2) is 6.33 Å². The van der Waals surface area contributed by atoms with Crippen molar-refractivity contribution < 1.29 is 0 Å². The predicted octanol–water partition coefficient (Wildman–Crippen LogP) is 0.896. The van der Waals surface area contributed by atoms with Gasteiger partial charge >= 0.3 is 0 Å². The molecule has 46 valence electrons. The van der Waals surface area contributed by atoms with E-state index in [-0.39, 0.29) is 0 Å². The smallest absolute Gasteiger partial charge is 0.172 e. The lowest BCUT2D eigenvalue weighted by molar-refractivity contribution is 0.887. The Bertz CT molecular complexity index is 258. The van der Waals surface area contributed by atoms with E-state index in [4.69, 9.17) is 5.26 Å². The Kier molecular flexibility index (Phi) is 1.71. The Morgan fingerprint density at radius 1 is 1.89 bits per heavy atom. The van der Waals surface area contributed by atoms with Gasteiger partial charge in [-0.25, -0.2) is 4.98 Å². The van der Waals surface area contributed by atoms with E-state index in [1.807, 2.05) is 13.1 Å². The normalized spacial score (nSPS) is 9.00.